The number of carbonyl (C=O) groups is 1. The highest BCUT2D eigenvalue weighted by molar-refractivity contribution is 5.93. The number of ether oxygens (including phenoxy) is 2. The van der Waals surface area contributed by atoms with Crippen LogP contribution in [-0.4, -0.2) is 20.2 Å². The number of hydrogen-bond acceptors (Lipinski definition) is 3. The van der Waals surface area contributed by atoms with Gasteiger partial charge in [-0.2, -0.15) is 0 Å². The third-order valence-corrected chi connectivity index (χ3v) is 4.04. The summed E-state index contributed by atoms with van der Waals surface area (Å²) in [5, 5.41) is 0. The Bertz CT molecular complexity index is 759. The number of rotatable bonds is 3. The number of carbonyl (C=O) groups excluding carboxylic acids is 1. The molecule has 0 saturated heterocycles. The molecule has 0 spiro atoms. The Kier molecular flexibility index (Phi) is 3.72. The average Bonchev–Trinajstić information content (AvgIpc) is 2.95. The summed E-state index contributed by atoms with van der Waals surface area (Å²) < 4.78 is 10.4. The molecule has 3 heteroatoms. The summed E-state index contributed by atoms with van der Waals surface area (Å²) in [5.74, 6) is 0.289. The molecule has 3 nitrogen and oxygen atoms in total. The van der Waals surface area contributed by atoms with Crippen molar-refractivity contribution in [2.45, 2.75) is 12.8 Å². The molecule has 0 saturated carbocycles. The lowest BCUT2D eigenvalue weighted by molar-refractivity contribution is 0.0597. The van der Waals surface area contributed by atoms with Crippen LogP contribution in [0.3, 0.4) is 0 Å². The summed E-state index contributed by atoms with van der Waals surface area (Å²) in [6.45, 7) is 2.08. The Morgan fingerprint density at radius 1 is 1.09 bits per heavy atom. The fourth-order valence-electron chi connectivity index (χ4n) is 2.99. The van der Waals surface area contributed by atoms with Crippen LogP contribution in [0.1, 0.15) is 38.5 Å². The fourth-order valence-corrected chi connectivity index (χ4v) is 2.99. The topological polar surface area (TPSA) is 35.5 Å². The van der Waals surface area contributed by atoms with Gasteiger partial charge in [-0.05, 0) is 24.1 Å². The van der Waals surface area contributed by atoms with E-state index in [2.05, 4.69) is 37.3 Å². The van der Waals surface area contributed by atoms with Crippen molar-refractivity contribution in [2.24, 2.45) is 0 Å². The summed E-state index contributed by atoms with van der Waals surface area (Å²) in [6.07, 6.45) is 4.26. The minimum absolute atomic E-state index is 0.0927. The molecule has 1 aliphatic carbocycles. The first-order chi connectivity index (χ1) is 10.7. The zero-order valence-corrected chi connectivity index (χ0v) is 12.9. The first-order valence-electron chi connectivity index (χ1n) is 7.19. The number of esters is 1. The number of hydrogen-bond donors (Lipinski definition) is 0. The lowest BCUT2D eigenvalue weighted by atomic mass is 9.90. The van der Waals surface area contributed by atoms with E-state index in [4.69, 9.17) is 9.47 Å². The molecule has 1 unspecified atom stereocenters. The zero-order valence-electron chi connectivity index (χ0n) is 12.9. The van der Waals surface area contributed by atoms with Gasteiger partial charge < -0.3 is 9.47 Å². The van der Waals surface area contributed by atoms with Gasteiger partial charge in [-0.25, -0.2) is 4.79 Å². The SMILES string of the molecule is COC(=O)c1cccc(C2C=Cc3cc(C)ccc32)c1OC. The van der Waals surface area contributed by atoms with Crippen LogP contribution in [0.25, 0.3) is 6.08 Å². The molecule has 2 aromatic carbocycles. The molecule has 0 aromatic heterocycles. The molecule has 0 bridgehead atoms. The highest BCUT2D eigenvalue weighted by Crippen LogP contribution is 2.41. The third-order valence-electron chi connectivity index (χ3n) is 4.04. The van der Waals surface area contributed by atoms with Gasteiger partial charge in [0.2, 0.25) is 0 Å². The summed E-state index contributed by atoms with van der Waals surface area (Å²) in [5.41, 5.74) is 5.11. The van der Waals surface area contributed by atoms with Crippen molar-refractivity contribution in [2.75, 3.05) is 14.2 Å². The molecular weight excluding hydrogens is 276 g/mol. The monoisotopic (exact) mass is 294 g/mol. The largest absolute Gasteiger partial charge is 0.496 e. The molecular formula is C19H18O3. The molecule has 0 heterocycles. The van der Waals surface area contributed by atoms with Crippen molar-refractivity contribution in [3.63, 3.8) is 0 Å². The smallest absolute Gasteiger partial charge is 0.341 e. The highest BCUT2D eigenvalue weighted by atomic mass is 16.5. The number of fused-ring (bicyclic) bond motifs is 1. The quantitative estimate of drug-likeness (QED) is 0.804. The Balaban J connectivity index is 2.12. The molecule has 1 aliphatic rings. The maximum Gasteiger partial charge on any atom is 0.341 e. The Morgan fingerprint density at radius 3 is 2.64 bits per heavy atom. The lowest BCUT2D eigenvalue weighted by Crippen LogP contribution is -2.08. The second-order valence-corrected chi connectivity index (χ2v) is 5.39. The standard InChI is InChI=1S/C19H18O3/c1-12-7-9-14-13(11-12)8-10-15(14)16-5-4-6-17(18(16)21-2)19(20)22-3/h4-11,15H,1-3H3. The molecule has 2 aromatic rings. The summed E-state index contributed by atoms with van der Waals surface area (Å²) >= 11 is 0. The van der Waals surface area contributed by atoms with Crippen molar-refractivity contribution in [3.05, 3.63) is 70.3 Å². The molecule has 1 atom stereocenters. The summed E-state index contributed by atoms with van der Waals surface area (Å²) in [4.78, 5) is 11.9. The van der Waals surface area contributed by atoms with E-state index in [9.17, 15) is 4.79 Å². The van der Waals surface area contributed by atoms with Gasteiger partial charge in [-0.15, -0.1) is 0 Å². The van der Waals surface area contributed by atoms with E-state index in [0.717, 1.165) is 5.56 Å². The van der Waals surface area contributed by atoms with Gasteiger partial charge in [0.25, 0.3) is 0 Å². The lowest BCUT2D eigenvalue weighted by Gasteiger charge is -2.17. The molecule has 0 N–H and O–H groups in total. The van der Waals surface area contributed by atoms with E-state index in [1.807, 2.05) is 12.1 Å². The number of benzene rings is 2. The van der Waals surface area contributed by atoms with Crippen molar-refractivity contribution < 1.29 is 14.3 Å². The van der Waals surface area contributed by atoms with Gasteiger partial charge >= 0.3 is 5.97 Å². The Labute approximate surface area is 130 Å². The predicted molar refractivity (Wildman–Crippen MR) is 86.4 cm³/mol. The van der Waals surface area contributed by atoms with E-state index < -0.39 is 0 Å². The number of methoxy groups -OCH3 is 2. The van der Waals surface area contributed by atoms with Crippen LogP contribution >= 0.6 is 0 Å². The average molecular weight is 294 g/mol. The first-order valence-corrected chi connectivity index (χ1v) is 7.19. The van der Waals surface area contributed by atoms with Crippen LogP contribution in [0.2, 0.25) is 0 Å². The molecule has 0 radical (unpaired) electrons. The van der Waals surface area contributed by atoms with E-state index in [1.165, 1.54) is 23.8 Å². The van der Waals surface area contributed by atoms with E-state index in [1.54, 1.807) is 13.2 Å². The van der Waals surface area contributed by atoms with Gasteiger partial charge in [-0.3, -0.25) is 0 Å². The van der Waals surface area contributed by atoms with Crippen LogP contribution in [-0.2, 0) is 4.74 Å². The van der Waals surface area contributed by atoms with E-state index >= 15 is 0 Å². The number of aryl methyl sites for hydroxylation is 1. The number of para-hydroxylation sites is 1. The molecule has 0 aliphatic heterocycles. The van der Waals surface area contributed by atoms with Crippen molar-refractivity contribution in [3.8, 4) is 5.75 Å². The van der Waals surface area contributed by atoms with Gasteiger partial charge in [0, 0.05) is 11.5 Å². The first kappa shape index (κ1) is 14.4. The molecule has 0 fully saturated rings. The van der Waals surface area contributed by atoms with E-state index in [0.29, 0.717) is 11.3 Å². The highest BCUT2D eigenvalue weighted by Gasteiger charge is 2.25. The molecule has 3 rings (SSSR count). The maximum absolute atomic E-state index is 11.9. The molecule has 22 heavy (non-hydrogen) atoms. The van der Waals surface area contributed by atoms with Crippen LogP contribution in [0.5, 0.6) is 5.75 Å². The summed E-state index contributed by atoms with van der Waals surface area (Å²) in [6, 6.07) is 12.0. The predicted octanol–water partition coefficient (Wildman–Crippen LogP) is 3.95. The van der Waals surface area contributed by atoms with Crippen molar-refractivity contribution in [1.29, 1.82) is 0 Å². The van der Waals surface area contributed by atoms with Crippen LogP contribution in [0, 0.1) is 6.92 Å². The Hall–Kier alpha value is -2.55. The van der Waals surface area contributed by atoms with Crippen molar-refractivity contribution >= 4 is 12.0 Å². The molecule has 112 valence electrons. The van der Waals surface area contributed by atoms with Crippen molar-refractivity contribution in [1.82, 2.24) is 0 Å². The summed E-state index contributed by atoms with van der Waals surface area (Å²) in [7, 11) is 2.96. The van der Waals surface area contributed by atoms with Gasteiger partial charge in [-0.1, -0.05) is 48.0 Å². The minimum atomic E-state index is -0.384. The van der Waals surface area contributed by atoms with Gasteiger partial charge in [0.15, 0.2) is 0 Å². The van der Waals surface area contributed by atoms with Gasteiger partial charge in [0.1, 0.15) is 11.3 Å². The fraction of sp³-hybridized carbons (Fsp3) is 0.211. The zero-order chi connectivity index (χ0) is 15.7. The van der Waals surface area contributed by atoms with Crippen LogP contribution in [0.15, 0.2) is 42.5 Å². The number of allylic oxidation sites excluding steroid dienone is 1. The van der Waals surface area contributed by atoms with E-state index in [-0.39, 0.29) is 11.9 Å². The second kappa shape index (κ2) is 5.68. The van der Waals surface area contributed by atoms with Crippen LogP contribution < -0.4 is 4.74 Å². The van der Waals surface area contributed by atoms with Gasteiger partial charge in [0.05, 0.1) is 14.2 Å². The Morgan fingerprint density at radius 2 is 1.91 bits per heavy atom. The van der Waals surface area contributed by atoms with Crippen LogP contribution in [0.4, 0.5) is 0 Å². The third kappa shape index (κ3) is 2.29. The molecule has 0 amide bonds. The second-order valence-electron chi connectivity index (χ2n) is 5.39. The maximum atomic E-state index is 11.9. The minimum Gasteiger partial charge on any atom is -0.496 e. The normalized spacial score (nSPS) is 15.5.